The molecule has 3 N–H and O–H groups in total. The van der Waals surface area contributed by atoms with Gasteiger partial charge in [0.2, 0.25) is 0 Å². The Kier molecular flexibility index (Phi) is 5.25. The zero-order valence-corrected chi connectivity index (χ0v) is 10.2. The van der Waals surface area contributed by atoms with Crippen molar-refractivity contribution in [1.29, 1.82) is 0 Å². The fourth-order valence-electron chi connectivity index (χ4n) is 1.19. The van der Waals surface area contributed by atoms with E-state index in [0.717, 1.165) is 0 Å². The van der Waals surface area contributed by atoms with Crippen LogP contribution in [0.1, 0.15) is 5.56 Å². The van der Waals surface area contributed by atoms with Crippen LogP contribution in [0.3, 0.4) is 0 Å². The highest BCUT2D eigenvalue weighted by Crippen LogP contribution is 2.26. The predicted octanol–water partition coefficient (Wildman–Crippen LogP) is 2.35. The Morgan fingerprint density at radius 3 is 2.68 bits per heavy atom. The number of ether oxygens (including phenoxy) is 2. The van der Waals surface area contributed by atoms with Crippen LogP contribution in [0, 0.1) is 0 Å². The van der Waals surface area contributed by atoms with Crippen molar-refractivity contribution in [1.82, 2.24) is 0 Å². The minimum atomic E-state index is -4.44. The molecular formula is C10H10ClF3N2O3. The molecule has 0 unspecified atom stereocenters. The standard InChI is InChI=1S/C10H10ClF3N2O3/c11-6-2-1-3-7(8(6)9(15)16-17)19-5-18-4-10(12,13)14/h1-3,17H,4-5H2,(H2,15,16). The minimum absolute atomic E-state index is 0.0463. The molecule has 0 aliphatic heterocycles. The Morgan fingerprint density at radius 2 is 2.11 bits per heavy atom. The Balaban J connectivity index is 2.71. The molecule has 0 aliphatic carbocycles. The average Bonchev–Trinajstić information content (AvgIpc) is 2.33. The number of oxime groups is 1. The zero-order chi connectivity index (χ0) is 14.5. The Hall–Kier alpha value is -1.67. The van der Waals surface area contributed by atoms with E-state index in [4.69, 9.17) is 27.3 Å². The SMILES string of the molecule is N/C(=N/O)c1c(Cl)cccc1OCOCC(F)(F)F. The molecule has 0 bridgehead atoms. The van der Waals surface area contributed by atoms with Crippen molar-refractivity contribution in [2.75, 3.05) is 13.4 Å². The second-order valence-corrected chi connectivity index (χ2v) is 3.73. The van der Waals surface area contributed by atoms with E-state index in [1.54, 1.807) is 0 Å². The lowest BCUT2D eigenvalue weighted by molar-refractivity contribution is -0.186. The van der Waals surface area contributed by atoms with Gasteiger partial charge in [-0.25, -0.2) is 0 Å². The number of rotatable bonds is 5. The molecule has 5 nitrogen and oxygen atoms in total. The molecule has 106 valence electrons. The highest BCUT2D eigenvalue weighted by molar-refractivity contribution is 6.34. The summed E-state index contributed by atoms with van der Waals surface area (Å²) >= 11 is 5.82. The number of nitrogens with zero attached hydrogens (tertiary/aromatic N) is 1. The third kappa shape index (κ3) is 4.84. The molecule has 1 aromatic rings. The summed E-state index contributed by atoms with van der Waals surface area (Å²) in [5.74, 6) is -0.276. The van der Waals surface area contributed by atoms with Crippen LogP contribution in [0.5, 0.6) is 5.75 Å². The summed E-state index contributed by atoms with van der Waals surface area (Å²) in [6.07, 6.45) is -4.44. The van der Waals surface area contributed by atoms with E-state index >= 15 is 0 Å². The minimum Gasteiger partial charge on any atom is -0.467 e. The van der Waals surface area contributed by atoms with Gasteiger partial charge in [0.15, 0.2) is 12.6 Å². The Labute approximate surface area is 111 Å². The molecule has 19 heavy (non-hydrogen) atoms. The predicted molar refractivity (Wildman–Crippen MR) is 61.5 cm³/mol. The molecule has 0 aliphatic rings. The quantitative estimate of drug-likeness (QED) is 0.218. The van der Waals surface area contributed by atoms with Gasteiger partial charge in [-0.3, -0.25) is 0 Å². The first-order chi connectivity index (χ1) is 8.85. The molecule has 0 radical (unpaired) electrons. The first-order valence-corrected chi connectivity index (χ1v) is 5.26. The van der Waals surface area contributed by atoms with E-state index < -0.39 is 19.6 Å². The second kappa shape index (κ2) is 6.48. The largest absolute Gasteiger partial charge is 0.467 e. The third-order valence-electron chi connectivity index (χ3n) is 1.90. The second-order valence-electron chi connectivity index (χ2n) is 3.32. The van der Waals surface area contributed by atoms with Crippen molar-refractivity contribution in [3.8, 4) is 5.75 Å². The van der Waals surface area contributed by atoms with Crippen LogP contribution in [0.15, 0.2) is 23.4 Å². The van der Waals surface area contributed by atoms with Crippen LogP contribution >= 0.6 is 11.6 Å². The molecule has 0 heterocycles. The van der Waals surface area contributed by atoms with Crippen molar-refractivity contribution < 1.29 is 27.9 Å². The lowest BCUT2D eigenvalue weighted by atomic mass is 10.2. The zero-order valence-electron chi connectivity index (χ0n) is 9.45. The molecule has 0 amide bonds. The van der Waals surface area contributed by atoms with Gasteiger partial charge in [0.25, 0.3) is 0 Å². The average molecular weight is 299 g/mol. The lowest BCUT2D eigenvalue weighted by Gasteiger charge is -2.12. The van der Waals surface area contributed by atoms with Crippen LogP contribution in [0.2, 0.25) is 5.02 Å². The number of halogens is 4. The monoisotopic (exact) mass is 298 g/mol. The highest BCUT2D eigenvalue weighted by atomic mass is 35.5. The Morgan fingerprint density at radius 1 is 1.42 bits per heavy atom. The van der Waals surface area contributed by atoms with E-state index in [0.29, 0.717) is 0 Å². The number of hydrogen-bond acceptors (Lipinski definition) is 4. The highest BCUT2D eigenvalue weighted by Gasteiger charge is 2.27. The molecule has 0 atom stereocenters. The number of hydrogen-bond donors (Lipinski definition) is 2. The lowest BCUT2D eigenvalue weighted by Crippen LogP contribution is -2.20. The van der Waals surface area contributed by atoms with Crippen LogP contribution < -0.4 is 10.5 Å². The van der Waals surface area contributed by atoms with E-state index in [9.17, 15) is 13.2 Å². The molecular weight excluding hydrogens is 289 g/mol. The van der Waals surface area contributed by atoms with Crippen molar-refractivity contribution in [2.24, 2.45) is 10.9 Å². The summed E-state index contributed by atoms with van der Waals surface area (Å²) in [7, 11) is 0. The molecule has 1 rings (SSSR count). The van der Waals surface area contributed by atoms with Gasteiger partial charge in [0.1, 0.15) is 12.4 Å². The van der Waals surface area contributed by atoms with Gasteiger partial charge in [-0.05, 0) is 12.1 Å². The molecule has 0 saturated heterocycles. The summed E-state index contributed by atoms with van der Waals surface area (Å²) in [6, 6.07) is 4.35. The maximum Gasteiger partial charge on any atom is 0.411 e. The molecule has 0 fully saturated rings. The topological polar surface area (TPSA) is 77.1 Å². The maximum atomic E-state index is 11.8. The van der Waals surface area contributed by atoms with Crippen molar-refractivity contribution >= 4 is 17.4 Å². The molecule has 1 aromatic carbocycles. The molecule has 0 saturated carbocycles. The summed E-state index contributed by atoms with van der Waals surface area (Å²) < 4.78 is 44.7. The number of alkyl halides is 3. The first-order valence-electron chi connectivity index (χ1n) is 4.89. The van der Waals surface area contributed by atoms with Gasteiger partial charge in [-0.1, -0.05) is 22.8 Å². The van der Waals surface area contributed by atoms with E-state index in [1.165, 1.54) is 18.2 Å². The van der Waals surface area contributed by atoms with Crippen LogP contribution in [0.25, 0.3) is 0 Å². The normalized spacial score (nSPS) is 12.5. The van der Waals surface area contributed by atoms with E-state index in [-0.39, 0.29) is 22.2 Å². The number of amidine groups is 1. The van der Waals surface area contributed by atoms with E-state index in [1.807, 2.05) is 0 Å². The van der Waals surface area contributed by atoms with Gasteiger partial charge in [0, 0.05) is 0 Å². The molecule has 0 spiro atoms. The summed E-state index contributed by atoms with van der Waals surface area (Å²) in [5, 5.41) is 11.5. The summed E-state index contributed by atoms with van der Waals surface area (Å²) in [4.78, 5) is 0. The van der Waals surface area contributed by atoms with Gasteiger partial charge < -0.3 is 20.4 Å². The number of benzene rings is 1. The maximum absolute atomic E-state index is 11.8. The van der Waals surface area contributed by atoms with Gasteiger partial charge >= 0.3 is 6.18 Å². The van der Waals surface area contributed by atoms with Gasteiger partial charge in [0.05, 0.1) is 10.6 Å². The molecule has 0 aromatic heterocycles. The fourth-order valence-corrected chi connectivity index (χ4v) is 1.45. The van der Waals surface area contributed by atoms with E-state index in [2.05, 4.69) is 9.89 Å². The third-order valence-corrected chi connectivity index (χ3v) is 2.22. The fraction of sp³-hybridized carbons (Fsp3) is 0.300. The van der Waals surface area contributed by atoms with Crippen LogP contribution in [-0.4, -0.2) is 30.6 Å². The number of nitrogens with two attached hydrogens (primary N) is 1. The van der Waals surface area contributed by atoms with Crippen molar-refractivity contribution in [3.63, 3.8) is 0 Å². The van der Waals surface area contributed by atoms with Crippen molar-refractivity contribution in [3.05, 3.63) is 28.8 Å². The smallest absolute Gasteiger partial charge is 0.411 e. The summed E-state index contributed by atoms with van der Waals surface area (Å²) in [6.45, 7) is -2.09. The van der Waals surface area contributed by atoms with Gasteiger partial charge in [-0.2, -0.15) is 13.2 Å². The van der Waals surface area contributed by atoms with Crippen molar-refractivity contribution in [2.45, 2.75) is 6.18 Å². The van der Waals surface area contributed by atoms with Crippen LogP contribution in [-0.2, 0) is 4.74 Å². The van der Waals surface area contributed by atoms with Crippen LogP contribution in [0.4, 0.5) is 13.2 Å². The Bertz CT molecular complexity index is 466. The molecule has 9 heteroatoms. The van der Waals surface area contributed by atoms with Gasteiger partial charge in [-0.15, -0.1) is 0 Å². The summed E-state index contributed by atoms with van der Waals surface area (Å²) in [5.41, 5.74) is 5.46. The first kappa shape index (κ1) is 15.4.